The van der Waals surface area contributed by atoms with Crippen LogP contribution in [-0.2, 0) is 11.3 Å². The van der Waals surface area contributed by atoms with Crippen LogP contribution in [0.15, 0.2) is 48.8 Å². The second kappa shape index (κ2) is 8.65. The molecule has 2 atom stereocenters. The third-order valence-corrected chi connectivity index (χ3v) is 7.04. The van der Waals surface area contributed by atoms with E-state index in [0.29, 0.717) is 37.4 Å². The first-order chi connectivity index (χ1) is 16.5. The lowest BCUT2D eigenvalue weighted by atomic mass is 9.67. The van der Waals surface area contributed by atoms with Crippen LogP contribution in [0.3, 0.4) is 0 Å². The summed E-state index contributed by atoms with van der Waals surface area (Å²) in [5.74, 6) is 0.714. The minimum absolute atomic E-state index is 0.0241. The van der Waals surface area contributed by atoms with E-state index in [4.69, 9.17) is 9.47 Å². The molecule has 1 saturated carbocycles. The van der Waals surface area contributed by atoms with Crippen LogP contribution in [0.5, 0.6) is 5.75 Å². The number of hydrogen-bond donors (Lipinski definition) is 1. The largest absolute Gasteiger partial charge is 0.494 e. The van der Waals surface area contributed by atoms with Crippen LogP contribution >= 0.6 is 0 Å². The number of fused-ring (bicyclic) bond motifs is 1. The number of rotatable bonds is 6. The molecule has 1 aliphatic carbocycles. The van der Waals surface area contributed by atoms with E-state index in [2.05, 4.69) is 11.1 Å². The number of imidazole rings is 1. The molecule has 1 amide bonds. The van der Waals surface area contributed by atoms with Crippen LogP contribution in [0, 0.1) is 16.7 Å². The van der Waals surface area contributed by atoms with E-state index < -0.39 is 11.0 Å². The Morgan fingerprint density at radius 3 is 2.94 bits per heavy atom. The average Bonchev–Trinajstić information content (AvgIpc) is 3.39. The van der Waals surface area contributed by atoms with E-state index in [1.165, 1.54) is 0 Å². The molecule has 1 aliphatic heterocycles. The number of hydrogen-bond acceptors (Lipinski definition) is 6. The van der Waals surface area contributed by atoms with Gasteiger partial charge < -0.3 is 19.1 Å². The summed E-state index contributed by atoms with van der Waals surface area (Å²) in [6.07, 6.45) is 4.37. The second-order valence-electron chi connectivity index (χ2n) is 9.44. The molecule has 2 heterocycles. The van der Waals surface area contributed by atoms with E-state index in [1.54, 1.807) is 17.3 Å². The van der Waals surface area contributed by atoms with Crippen molar-refractivity contribution in [2.75, 3.05) is 24.7 Å². The van der Waals surface area contributed by atoms with Crippen molar-refractivity contribution >= 4 is 22.8 Å². The molecule has 8 heteroatoms. The van der Waals surface area contributed by atoms with E-state index in [9.17, 15) is 15.2 Å². The van der Waals surface area contributed by atoms with Gasteiger partial charge in [0.15, 0.2) is 0 Å². The van der Waals surface area contributed by atoms with Crippen molar-refractivity contribution in [1.29, 1.82) is 5.26 Å². The van der Waals surface area contributed by atoms with Gasteiger partial charge in [0.1, 0.15) is 11.4 Å². The number of anilines is 1. The Kier molecular flexibility index (Phi) is 5.66. The van der Waals surface area contributed by atoms with Crippen LogP contribution < -0.4 is 9.64 Å². The first kappa shape index (κ1) is 22.2. The summed E-state index contributed by atoms with van der Waals surface area (Å²) in [5.41, 5.74) is 1.88. The maximum Gasteiger partial charge on any atom is 0.415 e. The Morgan fingerprint density at radius 2 is 2.15 bits per heavy atom. The monoisotopic (exact) mass is 460 g/mol. The van der Waals surface area contributed by atoms with Gasteiger partial charge in [-0.15, -0.1) is 0 Å². The van der Waals surface area contributed by atoms with Crippen molar-refractivity contribution in [3.63, 3.8) is 0 Å². The van der Waals surface area contributed by atoms with E-state index in [1.807, 2.05) is 47.9 Å². The van der Waals surface area contributed by atoms with Crippen molar-refractivity contribution in [2.45, 2.75) is 44.8 Å². The molecule has 1 saturated heterocycles. The van der Waals surface area contributed by atoms with Crippen molar-refractivity contribution < 1.29 is 19.4 Å². The smallest absolute Gasteiger partial charge is 0.415 e. The first-order valence-corrected chi connectivity index (χ1v) is 11.7. The Bertz CT molecular complexity index is 1270. The quantitative estimate of drug-likeness (QED) is 0.590. The fourth-order valence-electron chi connectivity index (χ4n) is 5.53. The third-order valence-electron chi connectivity index (χ3n) is 7.04. The van der Waals surface area contributed by atoms with Gasteiger partial charge in [-0.1, -0.05) is 6.07 Å². The van der Waals surface area contributed by atoms with Crippen molar-refractivity contribution in [3.8, 4) is 11.8 Å². The summed E-state index contributed by atoms with van der Waals surface area (Å²) in [6, 6.07) is 15.1. The predicted molar refractivity (Wildman–Crippen MR) is 127 cm³/mol. The predicted octanol–water partition coefficient (Wildman–Crippen LogP) is 4.25. The van der Waals surface area contributed by atoms with E-state index in [-0.39, 0.29) is 12.7 Å². The van der Waals surface area contributed by atoms with Gasteiger partial charge in [-0.2, -0.15) is 5.26 Å². The zero-order valence-corrected chi connectivity index (χ0v) is 19.2. The molecule has 0 unspecified atom stereocenters. The summed E-state index contributed by atoms with van der Waals surface area (Å²) < 4.78 is 13.6. The third kappa shape index (κ3) is 3.97. The number of aromatic nitrogens is 2. The number of carbonyl (C=O) groups is 1. The highest BCUT2D eigenvalue weighted by atomic mass is 16.6. The molecule has 8 nitrogen and oxygen atoms in total. The number of amides is 1. The van der Waals surface area contributed by atoms with Gasteiger partial charge in [-0.05, 0) is 62.9 Å². The number of aliphatic hydroxyl groups excluding tert-OH is 1. The van der Waals surface area contributed by atoms with E-state index >= 15 is 0 Å². The summed E-state index contributed by atoms with van der Waals surface area (Å²) in [4.78, 5) is 19.1. The van der Waals surface area contributed by atoms with Gasteiger partial charge in [-0.3, -0.25) is 4.90 Å². The Balaban J connectivity index is 1.40. The van der Waals surface area contributed by atoms with Crippen LogP contribution in [-0.4, -0.2) is 46.1 Å². The Morgan fingerprint density at radius 1 is 1.26 bits per heavy atom. The van der Waals surface area contributed by atoms with Gasteiger partial charge in [0, 0.05) is 18.0 Å². The zero-order valence-electron chi connectivity index (χ0n) is 19.2. The number of ether oxygens (including phenoxy) is 2. The van der Waals surface area contributed by atoms with Crippen molar-refractivity contribution in [3.05, 3.63) is 54.4 Å². The standard InChI is InChI=1S/C26H28N4O4/c1-2-33-21-6-3-5-20(12-21)30-16-26(34-24(30)32)10-4-9-25(14-26,17-31)15-29-18-28-22-8-7-19(13-27)11-23(22)29/h3,5-8,11-12,18,31H,2,4,9-10,14-17H2,1H3/t25-,26+/m1/s1. The summed E-state index contributed by atoms with van der Waals surface area (Å²) in [7, 11) is 0. The molecule has 34 heavy (non-hydrogen) atoms. The Labute approximate surface area is 198 Å². The first-order valence-electron chi connectivity index (χ1n) is 11.7. The lowest BCUT2D eigenvalue weighted by Gasteiger charge is -2.44. The zero-order chi connectivity index (χ0) is 23.8. The molecule has 2 fully saturated rings. The molecule has 0 bridgehead atoms. The lowest BCUT2D eigenvalue weighted by molar-refractivity contribution is -0.0541. The van der Waals surface area contributed by atoms with Gasteiger partial charge in [-0.25, -0.2) is 9.78 Å². The topological polar surface area (TPSA) is 101 Å². The second-order valence-corrected chi connectivity index (χ2v) is 9.44. The molecule has 1 aromatic heterocycles. The van der Waals surface area contributed by atoms with Crippen LogP contribution in [0.4, 0.5) is 10.5 Å². The van der Waals surface area contributed by atoms with E-state index in [0.717, 1.165) is 36.0 Å². The molecular formula is C26H28N4O4. The molecule has 1 N–H and O–H groups in total. The number of nitriles is 1. The molecule has 0 radical (unpaired) electrons. The molecule has 2 aromatic carbocycles. The van der Waals surface area contributed by atoms with Gasteiger partial charge in [0.25, 0.3) is 0 Å². The number of carbonyl (C=O) groups excluding carboxylic acids is 1. The van der Waals surface area contributed by atoms with Crippen LogP contribution in [0.1, 0.15) is 38.2 Å². The van der Waals surface area contributed by atoms with Crippen molar-refractivity contribution in [2.24, 2.45) is 5.41 Å². The highest BCUT2D eigenvalue weighted by Crippen LogP contribution is 2.48. The van der Waals surface area contributed by atoms with Crippen molar-refractivity contribution in [1.82, 2.24) is 9.55 Å². The number of benzene rings is 2. The fraction of sp³-hybridized carbons (Fsp3) is 0.423. The van der Waals surface area contributed by atoms with Crippen LogP contribution in [0.2, 0.25) is 0 Å². The highest BCUT2D eigenvalue weighted by Gasteiger charge is 2.53. The van der Waals surface area contributed by atoms with Gasteiger partial charge in [0.05, 0.1) is 54.4 Å². The molecule has 2 aliphatic rings. The molecule has 1 spiro atoms. The summed E-state index contributed by atoms with van der Waals surface area (Å²) in [6.45, 7) is 3.42. The molecule has 5 rings (SSSR count). The molecule has 176 valence electrons. The normalized spacial score (nSPS) is 24.4. The van der Waals surface area contributed by atoms with Crippen LogP contribution in [0.25, 0.3) is 11.0 Å². The SMILES string of the molecule is CCOc1cccc(N2C[C@@]3(CCC[C@](CO)(Cn4cnc5ccc(C#N)cc54)C3)OC2=O)c1. The van der Waals surface area contributed by atoms with Gasteiger partial charge in [0.2, 0.25) is 0 Å². The molecule has 3 aromatic rings. The minimum atomic E-state index is -0.659. The van der Waals surface area contributed by atoms with Gasteiger partial charge >= 0.3 is 6.09 Å². The Hall–Kier alpha value is -3.57. The average molecular weight is 461 g/mol. The fourth-order valence-corrected chi connectivity index (χ4v) is 5.53. The minimum Gasteiger partial charge on any atom is -0.494 e. The summed E-state index contributed by atoms with van der Waals surface area (Å²) in [5, 5.41) is 19.8. The lowest BCUT2D eigenvalue weighted by Crippen LogP contribution is -2.47. The highest BCUT2D eigenvalue weighted by molar-refractivity contribution is 5.90. The number of aliphatic hydroxyl groups is 1. The number of nitrogens with zero attached hydrogens (tertiary/aromatic N) is 4. The maximum atomic E-state index is 12.9. The molecular weight excluding hydrogens is 432 g/mol. The maximum absolute atomic E-state index is 12.9. The summed E-state index contributed by atoms with van der Waals surface area (Å²) >= 11 is 0.